The minimum atomic E-state index is 0.224. The lowest BCUT2D eigenvalue weighted by Gasteiger charge is -2.47. The fourth-order valence-corrected chi connectivity index (χ4v) is 2.66. The van der Waals surface area contributed by atoms with Gasteiger partial charge in [0.05, 0.1) is 0 Å². The van der Waals surface area contributed by atoms with Crippen LogP contribution in [0.4, 0.5) is 0 Å². The zero-order chi connectivity index (χ0) is 12.2. The van der Waals surface area contributed by atoms with Crippen molar-refractivity contribution in [3.8, 4) is 0 Å². The zero-order valence-electron chi connectivity index (χ0n) is 11.5. The maximum Gasteiger partial charge on any atom is 0.0455 e. The molecule has 1 unspecified atom stereocenters. The van der Waals surface area contributed by atoms with Gasteiger partial charge >= 0.3 is 0 Å². The van der Waals surface area contributed by atoms with Crippen LogP contribution in [0.1, 0.15) is 33.1 Å². The van der Waals surface area contributed by atoms with Crippen molar-refractivity contribution in [2.75, 3.05) is 40.3 Å². The number of nitrogens with two attached hydrogens (primary N) is 1. The summed E-state index contributed by atoms with van der Waals surface area (Å²) in [6.07, 6.45) is 3.80. The van der Waals surface area contributed by atoms with E-state index >= 15 is 0 Å². The first-order valence-electron chi connectivity index (χ1n) is 6.60. The SMILES string of the molecule is CC(C)CCN(C)C1(CN)CCCN(C)C1. The highest BCUT2D eigenvalue weighted by Crippen LogP contribution is 2.25. The number of hydrogen-bond donors (Lipinski definition) is 1. The van der Waals surface area contributed by atoms with Gasteiger partial charge in [0, 0.05) is 18.6 Å². The molecular formula is C13H29N3. The predicted octanol–water partition coefficient (Wildman–Crippen LogP) is 1.39. The van der Waals surface area contributed by atoms with Gasteiger partial charge in [-0.3, -0.25) is 4.90 Å². The van der Waals surface area contributed by atoms with Gasteiger partial charge < -0.3 is 10.6 Å². The Balaban J connectivity index is 2.56. The van der Waals surface area contributed by atoms with E-state index in [-0.39, 0.29) is 5.54 Å². The Morgan fingerprint density at radius 3 is 2.62 bits per heavy atom. The molecule has 0 aliphatic carbocycles. The van der Waals surface area contributed by atoms with Crippen LogP contribution in [0.3, 0.4) is 0 Å². The number of nitrogens with zero attached hydrogens (tertiary/aromatic N) is 2. The number of hydrogen-bond acceptors (Lipinski definition) is 3. The van der Waals surface area contributed by atoms with Gasteiger partial charge in [-0.05, 0) is 52.4 Å². The van der Waals surface area contributed by atoms with E-state index in [9.17, 15) is 0 Å². The van der Waals surface area contributed by atoms with E-state index in [1.165, 1.54) is 32.4 Å². The Morgan fingerprint density at radius 1 is 1.44 bits per heavy atom. The molecule has 0 saturated carbocycles. The molecule has 0 spiro atoms. The molecule has 1 rings (SSSR count). The Morgan fingerprint density at radius 2 is 2.12 bits per heavy atom. The minimum Gasteiger partial charge on any atom is -0.329 e. The number of likely N-dealkylation sites (N-methyl/N-ethyl adjacent to an activating group) is 2. The fourth-order valence-electron chi connectivity index (χ4n) is 2.66. The largest absolute Gasteiger partial charge is 0.329 e. The van der Waals surface area contributed by atoms with Crippen molar-refractivity contribution in [2.45, 2.75) is 38.6 Å². The summed E-state index contributed by atoms with van der Waals surface area (Å²) in [6.45, 7) is 8.87. The van der Waals surface area contributed by atoms with Gasteiger partial charge in [0.25, 0.3) is 0 Å². The van der Waals surface area contributed by atoms with Gasteiger partial charge in [0.1, 0.15) is 0 Å². The highest BCUT2D eigenvalue weighted by molar-refractivity contribution is 4.95. The summed E-state index contributed by atoms with van der Waals surface area (Å²) in [4.78, 5) is 4.92. The van der Waals surface area contributed by atoms with Crippen LogP contribution < -0.4 is 5.73 Å². The van der Waals surface area contributed by atoms with Gasteiger partial charge in [-0.2, -0.15) is 0 Å². The highest BCUT2D eigenvalue weighted by Gasteiger charge is 2.36. The number of likely N-dealkylation sites (tertiary alicyclic amines) is 1. The monoisotopic (exact) mass is 227 g/mol. The van der Waals surface area contributed by atoms with Crippen LogP contribution >= 0.6 is 0 Å². The van der Waals surface area contributed by atoms with Gasteiger partial charge in [-0.1, -0.05) is 13.8 Å². The summed E-state index contributed by atoms with van der Waals surface area (Å²) in [5.74, 6) is 0.776. The smallest absolute Gasteiger partial charge is 0.0455 e. The van der Waals surface area contributed by atoms with Gasteiger partial charge in [0.2, 0.25) is 0 Å². The third-order valence-corrected chi connectivity index (χ3v) is 3.98. The molecule has 1 atom stereocenters. The second-order valence-electron chi connectivity index (χ2n) is 5.87. The molecule has 16 heavy (non-hydrogen) atoms. The molecule has 1 saturated heterocycles. The van der Waals surface area contributed by atoms with Crippen molar-refractivity contribution in [3.05, 3.63) is 0 Å². The van der Waals surface area contributed by atoms with Crippen LogP contribution in [0.15, 0.2) is 0 Å². The van der Waals surface area contributed by atoms with Gasteiger partial charge in [-0.15, -0.1) is 0 Å². The average molecular weight is 227 g/mol. The maximum absolute atomic E-state index is 6.04. The molecule has 2 N–H and O–H groups in total. The van der Waals surface area contributed by atoms with Crippen molar-refractivity contribution in [3.63, 3.8) is 0 Å². The third-order valence-electron chi connectivity index (χ3n) is 3.98. The molecule has 1 aliphatic rings. The van der Waals surface area contributed by atoms with Gasteiger partial charge in [0.15, 0.2) is 0 Å². The first kappa shape index (κ1) is 13.9. The lowest BCUT2D eigenvalue weighted by atomic mass is 9.87. The zero-order valence-corrected chi connectivity index (χ0v) is 11.5. The molecule has 0 radical (unpaired) electrons. The molecule has 0 aromatic heterocycles. The molecule has 0 amide bonds. The summed E-state index contributed by atoms with van der Waals surface area (Å²) >= 11 is 0. The Hall–Kier alpha value is -0.120. The quantitative estimate of drug-likeness (QED) is 0.770. The summed E-state index contributed by atoms with van der Waals surface area (Å²) in [5.41, 5.74) is 6.26. The molecule has 96 valence electrons. The Kier molecular flexibility index (Phi) is 5.22. The fraction of sp³-hybridized carbons (Fsp3) is 1.00. The first-order valence-corrected chi connectivity index (χ1v) is 6.60. The van der Waals surface area contributed by atoms with Crippen LogP contribution in [0, 0.1) is 5.92 Å². The topological polar surface area (TPSA) is 32.5 Å². The molecular weight excluding hydrogens is 198 g/mol. The standard InChI is InChI=1S/C13H29N3/c1-12(2)6-9-16(4)13(10-14)7-5-8-15(3)11-13/h12H,5-11,14H2,1-4H3. The summed E-state index contributed by atoms with van der Waals surface area (Å²) < 4.78 is 0. The van der Waals surface area contributed by atoms with E-state index in [1.54, 1.807) is 0 Å². The summed E-state index contributed by atoms with van der Waals surface area (Å²) in [6, 6.07) is 0. The van der Waals surface area contributed by atoms with Crippen LogP contribution in [0.2, 0.25) is 0 Å². The van der Waals surface area contributed by atoms with E-state index in [0.29, 0.717) is 0 Å². The molecule has 1 heterocycles. The number of piperidine rings is 1. The van der Waals surface area contributed by atoms with Crippen LogP contribution in [0.5, 0.6) is 0 Å². The third kappa shape index (κ3) is 3.44. The molecule has 0 bridgehead atoms. The summed E-state index contributed by atoms with van der Waals surface area (Å²) in [5, 5.41) is 0. The predicted molar refractivity (Wildman–Crippen MR) is 70.6 cm³/mol. The van der Waals surface area contributed by atoms with E-state index in [1.807, 2.05) is 0 Å². The molecule has 1 fully saturated rings. The van der Waals surface area contributed by atoms with Crippen molar-refractivity contribution in [1.29, 1.82) is 0 Å². The number of rotatable bonds is 5. The first-order chi connectivity index (χ1) is 7.50. The molecule has 1 aliphatic heterocycles. The van der Waals surface area contributed by atoms with Crippen molar-refractivity contribution < 1.29 is 0 Å². The highest BCUT2D eigenvalue weighted by atomic mass is 15.2. The second kappa shape index (κ2) is 5.99. The molecule has 3 nitrogen and oxygen atoms in total. The van der Waals surface area contributed by atoms with Crippen LogP contribution in [-0.4, -0.2) is 55.6 Å². The van der Waals surface area contributed by atoms with E-state index in [0.717, 1.165) is 19.0 Å². The van der Waals surface area contributed by atoms with E-state index < -0.39 is 0 Å². The summed E-state index contributed by atoms with van der Waals surface area (Å²) in [7, 11) is 4.45. The van der Waals surface area contributed by atoms with Crippen LogP contribution in [-0.2, 0) is 0 Å². The van der Waals surface area contributed by atoms with E-state index in [2.05, 4.69) is 37.7 Å². The van der Waals surface area contributed by atoms with Gasteiger partial charge in [-0.25, -0.2) is 0 Å². The van der Waals surface area contributed by atoms with E-state index in [4.69, 9.17) is 5.73 Å². The maximum atomic E-state index is 6.04. The Bertz CT molecular complexity index is 205. The molecule has 0 aromatic carbocycles. The minimum absolute atomic E-state index is 0.224. The van der Waals surface area contributed by atoms with Crippen LogP contribution in [0.25, 0.3) is 0 Å². The van der Waals surface area contributed by atoms with Crippen molar-refractivity contribution in [2.24, 2.45) is 11.7 Å². The molecule has 0 aromatic rings. The van der Waals surface area contributed by atoms with Crippen molar-refractivity contribution >= 4 is 0 Å². The molecule has 3 heteroatoms. The lowest BCUT2D eigenvalue weighted by Crippen LogP contribution is -2.61. The normalized spacial score (nSPS) is 27.9. The second-order valence-corrected chi connectivity index (χ2v) is 5.87. The Labute approximate surface area is 101 Å². The lowest BCUT2D eigenvalue weighted by molar-refractivity contribution is 0.0422. The van der Waals surface area contributed by atoms with Crippen molar-refractivity contribution in [1.82, 2.24) is 9.80 Å². The average Bonchev–Trinajstić information content (AvgIpc) is 2.25.